The first-order valence-corrected chi connectivity index (χ1v) is 8.27. The molecule has 8 heteroatoms. The molecule has 0 bridgehead atoms. The van der Waals surface area contributed by atoms with E-state index in [9.17, 15) is 13.2 Å². The number of sulfone groups is 1. The van der Waals surface area contributed by atoms with E-state index < -0.39 is 21.6 Å². The summed E-state index contributed by atoms with van der Waals surface area (Å²) in [5, 5.41) is 7.99. The van der Waals surface area contributed by atoms with Crippen LogP contribution in [0.3, 0.4) is 0 Å². The fraction of sp³-hybridized carbons (Fsp3) is 0.250. The zero-order valence-electron chi connectivity index (χ0n) is 10.6. The molecule has 0 unspecified atom stereocenters. The molecule has 0 atom stereocenters. The molecule has 0 radical (unpaired) electrons. The minimum Gasteiger partial charge on any atom is -0.465 e. The SMILES string of the molecule is CCOC(=O)CS(=O)(=O)c1nnc(-c2ccccc2)s1. The van der Waals surface area contributed by atoms with Crippen molar-refractivity contribution in [2.45, 2.75) is 11.3 Å². The number of rotatable bonds is 5. The van der Waals surface area contributed by atoms with E-state index in [0.717, 1.165) is 16.9 Å². The Morgan fingerprint density at radius 2 is 1.95 bits per heavy atom. The monoisotopic (exact) mass is 312 g/mol. The minimum absolute atomic E-state index is 0.139. The van der Waals surface area contributed by atoms with Gasteiger partial charge in [-0.2, -0.15) is 0 Å². The number of carbonyl (C=O) groups excluding carboxylic acids is 1. The van der Waals surface area contributed by atoms with Gasteiger partial charge in [0.15, 0.2) is 5.75 Å². The maximum absolute atomic E-state index is 12.0. The van der Waals surface area contributed by atoms with Crippen molar-refractivity contribution in [2.24, 2.45) is 0 Å². The second kappa shape index (κ2) is 6.10. The molecule has 20 heavy (non-hydrogen) atoms. The third-order valence-electron chi connectivity index (χ3n) is 2.31. The molecule has 1 aromatic heterocycles. The van der Waals surface area contributed by atoms with Gasteiger partial charge in [-0.25, -0.2) is 8.42 Å². The van der Waals surface area contributed by atoms with Crippen LogP contribution in [0.4, 0.5) is 0 Å². The summed E-state index contributed by atoms with van der Waals surface area (Å²) in [5.41, 5.74) is 0.780. The standard InChI is InChI=1S/C12H12N2O4S2/c1-2-18-10(15)8-20(16,17)12-14-13-11(19-12)9-6-4-3-5-7-9/h3-7H,2,8H2,1H3. The van der Waals surface area contributed by atoms with Crippen molar-refractivity contribution in [2.75, 3.05) is 12.4 Å². The third-order valence-corrected chi connectivity index (χ3v) is 5.31. The lowest BCUT2D eigenvalue weighted by Crippen LogP contribution is -2.18. The summed E-state index contributed by atoms with van der Waals surface area (Å²) in [6.45, 7) is 1.75. The molecular weight excluding hydrogens is 300 g/mol. The van der Waals surface area contributed by atoms with Gasteiger partial charge in [-0.3, -0.25) is 4.79 Å². The van der Waals surface area contributed by atoms with Crippen LogP contribution in [0.5, 0.6) is 0 Å². The molecular formula is C12H12N2O4S2. The molecule has 2 rings (SSSR count). The molecule has 0 spiro atoms. The van der Waals surface area contributed by atoms with Crippen LogP contribution in [0.15, 0.2) is 34.7 Å². The van der Waals surface area contributed by atoms with Gasteiger partial charge in [-0.1, -0.05) is 41.7 Å². The predicted molar refractivity (Wildman–Crippen MR) is 74.0 cm³/mol. The summed E-state index contributed by atoms with van der Waals surface area (Å²) in [6.07, 6.45) is 0. The molecule has 0 aliphatic heterocycles. The predicted octanol–water partition coefficient (Wildman–Crippen LogP) is 1.54. The van der Waals surface area contributed by atoms with Crippen molar-refractivity contribution in [1.82, 2.24) is 10.2 Å². The smallest absolute Gasteiger partial charge is 0.321 e. The van der Waals surface area contributed by atoms with Gasteiger partial charge in [0.2, 0.25) is 14.2 Å². The second-order valence-electron chi connectivity index (χ2n) is 3.80. The summed E-state index contributed by atoms with van der Waals surface area (Å²) < 4.78 is 28.4. The van der Waals surface area contributed by atoms with Crippen molar-refractivity contribution < 1.29 is 17.9 Å². The van der Waals surface area contributed by atoms with Crippen molar-refractivity contribution in [3.63, 3.8) is 0 Å². The largest absolute Gasteiger partial charge is 0.465 e. The Hall–Kier alpha value is -1.80. The maximum Gasteiger partial charge on any atom is 0.321 e. The molecule has 0 aliphatic carbocycles. The number of hydrogen-bond donors (Lipinski definition) is 0. The molecule has 0 saturated heterocycles. The van der Waals surface area contributed by atoms with Crippen LogP contribution in [0.2, 0.25) is 0 Å². The van der Waals surface area contributed by atoms with Gasteiger partial charge in [-0.15, -0.1) is 10.2 Å². The highest BCUT2D eigenvalue weighted by molar-refractivity contribution is 7.94. The minimum atomic E-state index is -3.80. The lowest BCUT2D eigenvalue weighted by atomic mass is 10.2. The number of benzene rings is 1. The van der Waals surface area contributed by atoms with E-state index in [0.29, 0.717) is 5.01 Å². The molecule has 0 N–H and O–H groups in total. The van der Waals surface area contributed by atoms with Crippen LogP contribution in [-0.4, -0.2) is 36.9 Å². The summed E-state index contributed by atoms with van der Waals surface area (Å²) in [7, 11) is -3.80. The summed E-state index contributed by atoms with van der Waals surface area (Å²) in [6, 6.07) is 9.11. The first-order valence-electron chi connectivity index (χ1n) is 5.80. The Labute approximate surface area is 120 Å². The van der Waals surface area contributed by atoms with Crippen LogP contribution in [0.25, 0.3) is 10.6 Å². The van der Waals surface area contributed by atoms with E-state index in [1.165, 1.54) is 0 Å². The molecule has 106 valence electrons. The van der Waals surface area contributed by atoms with Crippen LogP contribution < -0.4 is 0 Å². The van der Waals surface area contributed by atoms with E-state index in [1.807, 2.05) is 30.3 Å². The molecule has 0 fully saturated rings. The van der Waals surface area contributed by atoms with Crippen LogP contribution in [0, 0.1) is 0 Å². The zero-order chi connectivity index (χ0) is 14.6. The first-order chi connectivity index (χ1) is 9.53. The molecule has 0 amide bonds. The number of nitrogens with zero attached hydrogens (tertiary/aromatic N) is 2. The summed E-state index contributed by atoms with van der Waals surface area (Å²) in [5.74, 6) is -1.51. The second-order valence-corrected chi connectivity index (χ2v) is 6.94. The quantitative estimate of drug-likeness (QED) is 0.778. The lowest BCUT2D eigenvalue weighted by Gasteiger charge is -2.00. The average molecular weight is 312 g/mol. The average Bonchev–Trinajstić information content (AvgIpc) is 2.90. The zero-order valence-corrected chi connectivity index (χ0v) is 12.3. The summed E-state index contributed by atoms with van der Waals surface area (Å²) >= 11 is 0.935. The third kappa shape index (κ3) is 3.40. The maximum atomic E-state index is 12.0. The van der Waals surface area contributed by atoms with Gasteiger partial charge in [0.05, 0.1) is 6.61 Å². The Kier molecular flexibility index (Phi) is 4.46. The van der Waals surface area contributed by atoms with Gasteiger partial charge >= 0.3 is 5.97 Å². The molecule has 0 saturated carbocycles. The Bertz CT molecular complexity index is 695. The van der Waals surface area contributed by atoms with Crippen molar-refractivity contribution in [3.05, 3.63) is 30.3 Å². The first kappa shape index (κ1) is 14.6. The Morgan fingerprint density at radius 3 is 2.60 bits per heavy atom. The van der Waals surface area contributed by atoms with Crippen molar-refractivity contribution in [3.8, 4) is 10.6 Å². The highest BCUT2D eigenvalue weighted by Gasteiger charge is 2.25. The van der Waals surface area contributed by atoms with Gasteiger partial charge < -0.3 is 4.74 Å². The van der Waals surface area contributed by atoms with E-state index in [1.54, 1.807) is 6.92 Å². The van der Waals surface area contributed by atoms with Crippen LogP contribution in [-0.2, 0) is 19.4 Å². The molecule has 2 aromatic rings. The van der Waals surface area contributed by atoms with E-state index in [-0.39, 0.29) is 10.9 Å². The summed E-state index contributed by atoms with van der Waals surface area (Å²) in [4.78, 5) is 11.3. The van der Waals surface area contributed by atoms with Gasteiger partial charge in [0, 0.05) is 5.56 Å². The number of aromatic nitrogens is 2. The molecule has 1 heterocycles. The molecule has 0 aliphatic rings. The number of carbonyl (C=O) groups is 1. The van der Waals surface area contributed by atoms with Crippen molar-refractivity contribution in [1.29, 1.82) is 0 Å². The van der Waals surface area contributed by atoms with Crippen LogP contribution in [0.1, 0.15) is 6.92 Å². The van der Waals surface area contributed by atoms with E-state index >= 15 is 0 Å². The van der Waals surface area contributed by atoms with Gasteiger partial charge in [0.1, 0.15) is 5.01 Å². The van der Waals surface area contributed by atoms with Crippen molar-refractivity contribution >= 4 is 27.1 Å². The number of esters is 1. The number of hydrogen-bond acceptors (Lipinski definition) is 7. The molecule has 1 aromatic carbocycles. The lowest BCUT2D eigenvalue weighted by molar-refractivity contribution is -0.139. The van der Waals surface area contributed by atoms with Crippen LogP contribution >= 0.6 is 11.3 Å². The normalized spacial score (nSPS) is 11.2. The Balaban J connectivity index is 2.22. The number of ether oxygens (including phenoxy) is 1. The fourth-order valence-corrected chi connectivity index (χ4v) is 3.64. The fourth-order valence-electron chi connectivity index (χ4n) is 1.45. The molecule has 6 nitrogen and oxygen atoms in total. The highest BCUT2D eigenvalue weighted by Crippen LogP contribution is 2.26. The van der Waals surface area contributed by atoms with Gasteiger partial charge in [-0.05, 0) is 6.92 Å². The Morgan fingerprint density at radius 1 is 1.25 bits per heavy atom. The van der Waals surface area contributed by atoms with E-state index in [2.05, 4.69) is 14.9 Å². The topological polar surface area (TPSA) is 86.2 Å². The van der Waals surface area contributed by atoms with Gasteiger partial charge in [0.25, 0.3) is 0 Å². The highest BCUT2D eigenvalue weighted by atomic mass is 32.2. The van der Waals surface area contributed by atoms with E-state index in [4.69, 9.17) is 0 Å².